The predicted molar refractivity (Wildman–Crippen MR) is 209 cm³/mol. The summed E-state index contributed by atoms with van der Waals surface area (Å²) in [5.74, 6) is 0. The van der Waals surface area contributed by atoms with Crippen LogP contribution in [0.5, 0.6) is 0 Å². The molecule has 0 atom stereocenters. The summed E-state index contributed by atoms with van der Waals surface area (Å²) >= 11 is 0. The maximum Gasteiger partial charge on any atom is 2.00 e. The number of nitrogens with zero attached hydrogens (tertiary/aromatic N) is 2. The summed E-state index contributed by atoms with van der Waals surface area (Å²) in [7, 11) is -0.892. The van der Waals surface area contributed by atoms with Crippen LogP contribution in [-0.4, -0.2) is 6.54 Å². The van der Waals surface area contributed by atoms with Crippen molar-refractivity contribution in [3.8, 4) is 6.07 Å². The first kappa shape index (κ1) is 42.4. The number of halogens is 1. The van der Waals surface area contributed by atoms with Crippen LogP contribution in [0.4, 0.5) is 0 Å². The summed E-state index contributed by atoms with van der Waals surface area (Å²) < 4.78 is 0. The molecule has 0 amide bonds. The molecular weight excluding hydrogens is 799 g/mol. The molecule has 0 heterocycles. The second-order valence-corrected chi connectivity index (χ2v) is 14.6. The maximum atomic E-state index is 7.60. The molecule has 6 aromatic carbocycles. The van der Waals surface area contributed by atoms with E-state index in [0.717, 1.165) is 0 Å². The molecule has 0 N–H and O–H groups in total. The van der Waals surface area contributed by atoms with Crippen molar-refractivity contribution in [3.63, 3.8) is 0 Å². The number of benzene rings is 6. The average Bonchev–Trinajstić information content (AvgIpc) is 3.77. The molecule has 0 spiro atoms. The van der Waals surface area contributed by atoms with Gasteiger partial charge in [0.05, 0.1) is 0 Å². The number of hydrogen-bond donors (Lipinski definition) is 0. The zero-order valence-corrected chi connectivity index (χ0v) is 32.5. The van der Waals surface area contributed by atoms with Gasteiger partial charge in [0.25, 0.3) is 6.54 Å². The van der Waals surface area contributed by atoms with Crippen molar-refractivity contribution in [2.45, 2.75) is 0 Å². The molecule has 0 saturated heterocycles. The van der Waals surface area contributed by atoms with Crippen molar-refractivity contribution in [1.82, 2.24) is 0 Å². The molecule has 0 bridgehead atoms. The van der Waals surface area contributed by atoms with Gasteiger partial charge in [-0.25, -0.2) is 6.57 Å². The Morgan fingerprint density at radius 1 is 0.400 bits per heavy atom. The van der Waals surface area contributed by atoms with Crippen molar-refractivity contribution in [3.05, 3.63) is 226 Å². The molecule has 5 radical (unpaired) electrons. The molecule has 6 heteroatoms. The van der Waals surface area contributed by atoms with E-state index in [1.54, 1.807) is 6.07 Å². The molecule has 50 heavy (non-hydrogen) atoms. The predicted octanol–water partition coefficient (Wildman–Crippen LogP) is 5.34. The molecule has 1 fully saturated rings. The quantitative estimate of drug-likeness (QED) is 0.0965. The molecule has 0 aliphatic heterocycles. The van der Waals surface area contributed by atoms with E-state index in [0.29, 0.717) is 0 Å². The average molecular weight is 837 g/mol. The monoisotopic (exact) mass is 836 g/mol. The Labute approximate surface area is 325 Å². The van der Waals surface area contributed by atoms with Gasteiger partial charge in [0, 0.05) is 0 Å². The Kier molecular flexibility index (Phi) is 22.2. The first-order valence-corrected chi connectivity index (χ1v) is 18.3. The van der Waals surface area contributed by atoms with Crippen LogP contribution in [0.25, 0.3) is 4.85 Å². The fraction of sp³-hybridized carbons (Fsp3) is 0.0227. The Hall–Kier alpha value is -3.74. The normalized spacial score (nSPS) is 10.9. The summed E-state index contributed by atoms with van der Waals surface area (Å²) in [5, 5.41) is 16.0. The van der Waals surface area contributed by atoms with E-state index in [-0.39, 0.29) is 43.0 Å². The van der Waals surface area contributed by atoms with Crippen molar-refractivity contribution in [2.75, 3.05) is 6.54 Å². The van der Waals surface area contributed by atoms with E-state index < -0.39 is 15.8 Å². The third-order valence-corrected chi connectivity index (χ3v) is 11.7. The van der Waals surface area contributed by atoms with E-state index in [4.69, 9.17) is 11.8 Å². The van der Waals surface area contributed by atoms with Crippen LogP contribution < -0.4 is 48.8 Å². The third-order valence-electron chi connectivity index (χ3n) is 6.79. The van der Waals surface area contributed by atoms with Gasteiger partial charge in [-0.3, -0.25) is 0 Å². The van der Waals surface area contributed by atoms with E-state index >= 15 is 0 Å². The third kappa shape index (κ3) is 14.6. The Morgan fingerprint density at radius 3 is 0.700 bits per heavy atom. The summed E-state index contributed by atoms with van der Waals surface area (Å²) in [5.41, 5.74) is 0. The van der Waals surface area contributed by atoms with E-state index in [9.17, 15) is 0 Å². The molecule has 1 aliphatic rings. The van der Waals surface area contributed by atoms with E-state index in [2.05, 4.69) is 187 Å². The number of nitriles is 1. The summed E-state index contributed by atoms with van der Waals surface area (Å²) in [4.78, 5) is 2.74. The minimum absolute atomic E-state index is 0. The summed E-state index contributed by atoms with van der Waals surface area (Å²) in [6.07, 6.45) is 10.0. The standard InChI is InChI=1S/2C18H15P.C5H5.C3H2N2.BrH.Ru/c2*1-4-10-16(11-5-1)19(17-12-6-2-7-13-17)18-14-8-3-9-15-18;1-2-4-5-3-1;1-5-3-2-4;;/h2*1-15H;1-5H;3H2;1H;/q;;;;;+2/p-1. The molecule has 6 aromatic rings. The van der Waals surface area contributed by atoms with Crippen molar-refractivity contribution < 1.29 is 36.5 Å². The van der Waals surface area contributed by atoms with Crippen LogP contribution in [0.15, 0.2) is 182 Å². The minimum atomic E-state index is -0.446. The summed E-state index contributed by atoms with van der Waals surface area (Å²) in [6.45, 7) is 5.99. The van der Waals surface area contributed by atoms with Gasteiger partial charge in [0.2, 0.25) is 0 Å². The Morgan fingerprint density at radius 2 is 0.580 bits per heavy atom. The van der Waals surface area contributed by atoms with Gasteiger partial charge in [0.15, 0.2) is 0 Å². The maximum absolute atomic E-state index is 7.60. The van der Waals surface area contributed by atoms with Crippen LogP contribution >= 0.6 is 15.8 Å². The second kappa shape index (κ2) is 26.1. The van der Waals surface area contributed by atoms with Gasteiger partial charge in [-0.15, -0.1) is 0 Å². The van der Waals surface area contributed by atoms with Crippen LogP contribution in [0, 0.1) is 50.0 Å². The van der Waals surface area contributed by atoms with Gasteiger partial charge in [-0.2, -0.15) is 5.26 Å². The van der Waals surface area contributed by atoms with E-state index in [1.807, 2.05) is 32.1 Å². The SMILES string of the molecule is [Br-].[C-]#[N+]CC#N.[CH]1[CH][CH][CH][CH]1.[Ru+2].c1ccc(P(c2ccccc2)c2ccccc2)cc1.c1ccc(P(c2ccccc2)c2ccccc2)cc1. The minimum Gasteiger partial charge on any atom is -1.00 e. The molecule has 7 rings (SSSR count). The van der Waals surface area contributed by atoms with Crippen molar-refractivity contribution in [1.29, 1.82) is 5.26 Å². The van der Waals surface area contributed by atoms with Gasteiger partial charge in [-0.1, -0.05) is 182 Å². The fourth-order valence-corrected chi connectivity index (χ4v) is 9.32. The van der Waals surface area contributed by atoms with Crippen molar-refractivity contribution in [2.24, 2.45) is 0 Å². The van der Waals surface area contributed by atoms with Gasteiger partial charge in [0.1, 0.15) is 6.07 Å². The van der Waals surface area contributed by atoms with Crippen LogP contribution in [0.3, 0.4) is 0 Å². The molecule has 0 aromatic heterocycles. The molecule has 1 aliphatic carbocycles. The zero-order valence-electron chi connectivity index (χ0n) is 27.4. The molecule has 2 nitrogen and oxygen atoms in total. The van der Waals surface area contributed by atoms with Crippen LogP contribution in [-0.2, 0) is 19.5 Å². The van der Waals surface area contributed by atoms with Crippen molar-refractivity contribution >= 4 is 47.7 Å². The first-order valence-electron chi connectivity index (χ1n) is 15.6. The Balaban J connectivity index is 0.000000264. The van der Waals surface area contributed by atoms with Gasteiger partial charge >= 0.3 is 19.5 Å². The van der Waals surface area contributed by atoms with Gasteiger partial charge in [-0.05, 0) is 79.8 Å². The molecular formula is C44H37BrN2P2Ru+. The smallest absolute Gasteiger partial charge is 1.00 e. The van der Waals surface area contributed by atoms with Crippen LogP contribution in [0.1, 0.15) is 0 Å². The first-order chi connectivity index (χ1) is 23.8. The largest absolute Gasteiger partial charge is 2.00 e. The molecule has 0 unspecified atom stereocenters. The second-order valence-electron chi connectivity index (χ2n) is 10.1. The summed E-state index contributed by atoms with van der Waals surface area (Å²) in [6, 6.07) is 66.3. The fourth-order valence-electron chi connectivity index (χ4n) is 4.71. The number of rotatable bonds is 6. The van der Waals surface area contributed by atoms with Crippen LogP contribution in [0.2, 0.25) is 0 Å². The van der Waals surface area contributed by atoms with E-state index in [1.165, 1.54) is 31.8 Å². The molecule has 247 valence electrons. The number of hydrogen-bond acceptors (Lipinski definition) is 1. The topological polar surface area (TPSA) is 28.1 Å². The van der Waals surface area contributed by atoms with Gasteiger partial charge < -0.3 is 21.8 Å². The zero-order chi connectivity index (χ0) is 33.5. The molecule has 1 saturated carbocycles. The Bertz CT molecular complexity index is 1450.